The monoisotopic (exact) mass is 291 g/mol. The van der Waals surface area contributed by atoms with E-state index in [1.807, 2.05) is 6.92 Å². The smallest absolute Gasteiger partial charge is 0.276 e. The number of guanidine groups is 1. The van der Waals surface area contributed by atoms with Crippen LogP contribution in [0.4, 0.5) is 5.00 Å². The van der Waals surface area contributed by atoms with Crippen molar-refractivity contribution in [3.8, 4) is 0 Å². The van der Waals surface area contributed by atoms with Gasteiger partial charge in [0.25, 0.3) is 5.96 Å². The molecule has 0 saturated carbocycles. The molecule has 1 aromatic rings. The van der Waals surface area contributed by atoms with Crippen molar-refractivity contribution in [2.45, 2.75) is 19.8 Å². The normalized spacial score (nSPS) is 11.4. The first-order valence-electron chi connectivity index (χ1n) is 5.38. The molecule has 9 heteroatoms. The SMILES string of the molecule is CCCCN(/C(=N/[N+](=O)[O-])NC)c1cnc(Cl)s1. The summed E-state index contributed by atoms with van der Waals surface area (Å²) in [4.78, 5) is 16.1. The average Bonchev–Trinajstić information content (AvgIpc) is 2.74. The summed E-state index contributed by atoms with van der Waals surface area (Å²) in [6.07, 6.45) is 3.43. The molecule has 0 aliphatic carbocycles. The summed E-state index contributed by atoms with van der Waals surface area (Å²) in [5.74, 6) is 0.175. The molecule has 0 aliphatic heterocycles. The lowest BCUT2D eigenvalue weighted by molar-refractivity contribution is -0.485. The molecule has 1 rings (SSSR count). The van der Waals surface area contributed by atoms with Gasteiger partial charge in [0.1, 0.15) is 10.1 Å². The van der Waals surface area contributed by atoms with Gasteiger partial charge >= 0.3 is 0 Å². The van der Waals surface area contributed by atoms with Crippen LogP contribution >= 0.6 is 22.9 Å². The Labute approximate surface area is 114 Å². The van der Waals surface area contributed by atoms with Crippen molar-refractivity contribution >= 4 is 33.9 Å². The van der Waals surface area contributed by atoms with E-state index in [1.165, 1.54) is 11.3 Å². The number of thiazole rings is 1. The molecule has 1 heterocycles. The van der Waals surface area contributed by atoms with Gasteiger partial charge in [-0.05, 0) is 6.42 Å². The molecule has 0 bridgehead atoms. The zero-order valence-electron chi connectivity index (χ0n) is 10.1. The van der Waals surface area contributed by atoms with Crippen LogP contribution in [-0.4, -0.2) is 29.6 Å². The Hall–Kier alpha value is -1.41. The van der Waals surface area contributed by atoms with Gasteiger partial charge in [-0.25, -0.2) is 15.1 Å². The summed E-state index contributed by atoms with van der Waals surface area (Å²) < 4.78 is 0.392. The number of aromatic nitrogens is 1. The van der Waals surface area contributed by atoms with Crippen molar-refractivity contribution in [1.29, 1.82) is 0 Å². The van der Waals surface area contributed by atoms with Crippen molar-refractivity contribution in [3.05, 3.63) is 20.8 Å². The van der Waals surface area contributed by atoms with Gasteiger partial charge in [-0.2, -0.15) is 0 Å². The average molecular weight is 292 g/mol. The fourth-order valence-electron chi connectivity index (χ4n) is 1.32. The third kappa shape index (κ3) is 4.11. The van der Waals surface area contributed by atoms with Gasteiger partial charge < -0.3 is 5.32 Å². The third-order valence-electron chi connectivity index (χ3n) is 2.12. The van der Waals surface area contributed by atoms with E-state index in [2.05, 4.69) is 15.4 Å². The Morgan fingerprint density at radius 3 is 2.94 bits per heavy atom. The first-order valence-corrected chi connectivity index (χ1v) is 6.57. The van der Waals surface area contributed by atoms with Gasteiger partial charge in [0.05, 0.1) is 6.20 Å². The van der Waals surface area contributed by atoms with Crippen LogP contribution in [-0.2, 0) is 0 Å². The molecule has 0 aromatic carbocycles. The second kappa shape index (κ2) is 7.12. The molecule has 7 nitrogen and oxygen atoms in total. The van der Waals surface area contributed by atoms with E-state index in [0.29, 0.717) is 11.0 Å². The topological polar surface area (TPSA) is 83.7 Å². The van der Waals surface area contributed by atoms with Crippen LogP contribution in [0.25, 0.3) is 0 Å². The zero-order chi connectivity index (χ0) is 13.5. The van der Waals surface area contributed by atoms with Gasteiger partial charge in [-0.15, -0.1) is 0 Å². The van der Waals surface area contributed by atoms with Crippen molar-refractivity contribution in [2.24, 2.45) is 5.10 Å². The van der Waals surface area contributed by atoms with Gasteiger partial charge in [0.15, 0.2) is 9.50 Å². The lowest BCUT2D eigenvalue weighted by atomic mass is 10.3. The Bertz CT molecular complexity index is 436. The van der Waals surface area contributed by atoms with Crippen LogP contribution in [0.5, 0.6) is 0 Å². The summed E-state index contributed by atoms with van der Waals surface area (Å²) in [5.41, 5.74) is 0. The van der Waals surface area contributed by atoms with E-state index in [4.69, 9.17) is 11.6 Å². The lowest BCUT2D eigenvalue weighted by Crippen LogP contribution is -2.40. The maximum Gasteiger partial charge on any atom is 0.276 e. The Kier molecular flexibility index (Phi) is 5.79. The molecule has 1 aromatic heterocycles. The lowest BCUT2D eigenvalue weighted by Gasteiger charge is -2.21. The number of nitro groups is 1. The number of hydrazone groups is 1. The summed E-state index contributed by atoms with van der Waals surface area (Å²) in [6.45, 7) is 2.66. The Morgan fingerprint density at radius 1 is 1.78 bits per heavy atom. The minimum absolute atomic E-state index is 0.175. The van der Waals surface area contributed by atoms with Crippen LogP contribution in [0.2, 0.25) is 4.47 Å². The summed E-state index contributed by atoms with van der Waals surface area (Å²) in [7, 11) is 1.59. The minimum atomic E-state index is -0.729. The van der Waals surface area contributed by atoms with Crippen LogP contribution in [0.15, 0.2) is 11.3 Å². The standard InChI is InChI=1S/C9H14ClN5O2S/c1-3-4-5-14(7-6-12-8(10)18-7)9(11-2)13-15(16)17/h6H,3-5H2,1-2H3,(H,11,13). The summed E-state index contributed by atoms with van der Waals surface area (Å²) >= 11 is 7.03. The number of hydrogen-bond donors (Lipinski definition) is 1. The molecule has 18 heavy (non-hydrogen) atoms. The van der Waals surface area contributed by atoms with E-state index >= 15 is 0 Å². The van der Waals surface area contributed by atoms with Crippen LogP contribution in [0.1, 0.15) is 19.8 Å². The quantitative estimate of drug-likeness (QED) is 0.389. The summed E-state index contributed by atoms with van der Waals surface area (Å²) in [5, 5.41) is 16.5. The number of rotatable bonds is 5. The van der Waals surface area contributed by atoms with E-state index in [9.17, 15) is 10.1 Å². The van der Waals surface area contributed by atoms with E-state index in [1.54, 1.807) is 18.1 Å². The zero-order valence-corrected chi connectivity index (χ0v) is 11.7. The molecule has 0 fully saturated rings. The van der Waals surface area contributed by atoms with Crippen molar-refractivity contribution in [1.82, 2.24) is 10.3 Å². The Balaban J connectivity index is 2.99. The predicted molar refractivity (Wildman–Crippen MR) is 72.9 cm³/mol. The fraction of sp³-hybridized carbons (Fsp3) is 0.556. The molecule has 0 aliphatic rings. The van der Waals surface area contributed by atoms with Crippen molar-refractivity contribution < 1.29 is 5.03 Å². The highest BCUT2D eigenvalue weighted by atomic mass is 35.5. The van der Waals surface area contributed by atoms with Crippen molar-refractivity contribution in [2.75, 3.05) is 18.5 Å². The molecule has 0 spiro atoms. The number of hydrogen-bond acceptors (Lipinski definition) is 4. The van der Waals surface area contributed by atoms with Gasteiger partial charge in [0.2, 0.25) is 0 Å². The molecule has 0 unspecified atom stereocenters. The molecular formula is C9H14ClN5O2S. The van der Waals surface area contributed by atoms with E-state index in [-0.39, 0.29) is 5.96 Å². The number of halogens is 1. The first-order chi connectivity index (χ1) is 8.58. The van der Waals surface area contributed by atoms with Crippen molar-refractivity contribution in [3.63, 3.8) is 0 Å². The highest BCUT2D eigenvalue weighted by Gasteiger charge is 2.18. The maximum atomic E-state index is 10.5. The number of nitrogens with zero attached hydrogens (tertiary/aromatic N) is 4. The minimum Gasteiger partial charge on any atom is -0.354 e. The highest BCUT2D eigenvalue weighted by Crippen LogP contribution is 2.27. The van der Waals surface area contributed by atoms with Crippen LogP contribution in [0, 0.1) is 10.1 Å². The fourth-order valence-corrected chi connectivity index (χ4v) is 2.28. The summed E-state index contributed by atoms with van der Waals surface area (Å²) in [6, 6.07) is 0. The number of nitrogens with one attached hydrogen (secondary N) is 1. The third-order valence-corrected chi connectivity index (χ3v) is 3.26. The van der Waals surface area contributed by atoms with Crippen LogP contribution in [0.3, 0.4) is 0 Å². The molecule has 100 valence electrons. The Morgan fingerprint density at radius 2 is 2.50 bits per heavy atom. The molecule has 1 N–H and O–H groups in total. The van der Waals surface area contributed by atoms with Crippen LogP contribution < -0.4 is 10.2 Å². The second-order valence-electron chi connectivity index (χ2n) is 3.37. The molecular weight excluding hydrogens is 278 g/mol. The van der Waals surface area contributed by atoms with Gasteiger partial charge in [-0.1, -0.05) is 36.3 Å². The first kappa shape index (κ1) is 14.7. The van der Waals surface area contributed by atoms with E-state index < -0.39 is 5.03 Å². The van der Waals surface area contributed by atoms with Gasteiger partial charge in [0, 0.05) is 13.6 Å². The maximum absolute atomic E-state index is 10.5. The largest absolute Gasteiger partial charge is 0.354 e. The predicted octanol–water partition coefficient (Wildman–Crippen LogP) is 2.17. The number of anilines is 1. The molecule has 0 atom stereocenters. The molecule has 0 radical (unpaired) electrons. The molecule has 0 saturated heterocycles. The van der Waals surface area contributed by atoms with E-state index in [0.717, 1.165) is 17.8 Å². The highest BCUT2D eigenvalue weighted by molar-refractivity contribution is 7.19. The second-order valence-corrected chi connectivity index (χ2v) is 4.96. The van der Waals surface area contributed by atoms with Gasteiger partial charge in [-0.3, -0.25) is 4.90 Å². The molecule has 0 amide bonds. The number of unbranched alkanes of at least 4 members (excludes halogenated alkanes) is 1.